The fraction of sp³-hybridized carbons (Fsp3) is 0.200. The van der Waals surface area contributed by atoms with Crippen molar-refractivity contribution in [1.29, 1.82) is 0 Å². The molecule has 3 aromatic rings. The lowest BCUT2D eigenvalue weighted by atomic mass is 9.81. The maximum atomic E-state index is 13.9. The highest BCUT2D eigenvalue weighted by atomic mass is 16.2. The first-order valence-corrected chi connectivity index (χ1v) is 10.2. The van der Waals surface area contributed by atoms with E-state index < -0.39 is 5.54 Å². The molecule has 1 spiro atoms. The van der Waals surface area contributed by atoms with Gasteiger partial charge in [0.2, 0.25) is 0 Å². The Morgan fingerprint density at radius 2 is 1.69 bits per heavy atom. The van der Waals surface area contributed by atoms with Crippen LogP contribution in [0.15, 0.2) is 77.8 Å². The number of anilines is 2. The largest absolute Gasteiger partial charge is 0.325 e. The van der Waals surface area contributed by atoms with Gasteiger partial charge in [0.05, 0.1) is 11.4 Å². The number of hydrogen-bond acceptors (Lipinski definition) is 3. The molecule has 0 saturated carbocycles. The maximum absolute atomic E-state index is 13.9. The molecule has 3 heterocycles. The van der Waals surface area contributed by atoms with Crippen LogP contribution >= 0.6 is 0 Å². The third-order valence-electron chi connectivity index (χ3n) is 6.40. The molecule has 142 valence electrons. The van der Waals surface area contributed by atoms with Gasteiger partial charge in [-0.15, -0.1) is 0 Å². The molecular weight excluding hydrogens is 358 g/mol. The summed E-state index contributed by atoms with van der Waals surface area (Å²) in [6.45, 7) is 3.55. The normalized spacial score (nSPS) is 21.4. The van der Waals surface area contributed by atoms with Crippen molar-refractivity contribution >= 4 is 23.1 Å². The van der Waals surface area contributed by atoms with E-state index in [2.05, 4.69) is 41.3 Å². The van der Waals surface area contributed by atoms with Crippen LogP contribution in [0.4, 0.5) is 11.4 Å². The third kappa shape index (κ3) is 1.98. The Balaban J connectivity index is 1.72. The minimum atomic E-state index is -1.01. The van der Waals surface area contributed by atoms with Gasteiger partial charge in [-0.05, 0) is 25.0 Å². The highest BCUT2D eigenvalue weighted by molar-refractivity contribution is 6.19. The average molecular weight is 379 g/mol. The topological polar surface area (TPSA) is 35.9 Å². The van der Waals surface area contributed by atoms with Gasteiger partial charge in [0.15, 0.2) is 5.54 Å². The molecule has 1 amide bonds. The maximum Gasteiger partial charge on any atom is 0.264 e. The Hall–Kier alpha value is -3.40. The number of benzene rings is 3. The van der Waals surface area contributed by atoms with Gasteiger partial charge in [-0.3, -0.25) is 4.79 Å². The van der Waals surface area contributed by atoms with Crippen molar-refractivity contribution in [2.75, 3.05) is 22.9 Å². The number of amidine groups is 1. The van der Waals surface area contributed by atoms with Gasteiger partial charge in [-0.1, -0.05) is 66.7 Å². The lowest BCUT2D eigenvalue weighted by Crippen LogP contribution is -2.46. The first-order chi connectivity index (χ1) is 14.3. The number of fused-ring (bicyclic) bond motifs is 3. The van der Waals surface area contributed by atoms with Crippen molar-refractivity contribution in [3.05, 3.63) is 95.1 Å². The fourth-order valence-corrected chi connectivity index (χ4v) is 5.16. The lowest BCUT2D eigenvalue weighted by Gasteiger charge is -2.37. The summed E-state index contributed by atoms with van der Waals surface area (Å²) >= 11 is 0. The summed E-state index contributed by atoms with van der Waals surface area (Å²) in [6.07, 6.45) is 0.971. The molecule has 3 aromatic carbocycles. The van der Waals surface area contributed by atoms with Crippen LogP contribution in [0.25, 0.3) is 0 Å². The minimum absolute atomic E-state index is 0.0505. The molecule has 0 N–H and O–H groups in total. The molecule has 1 unspecified atom stereocenters. The number of para-hydroxylation sites is 2. The van der Waals surface area contributed by atoms with Crippen molar-refractivity contribution in [3.63, 3.8) is 0 Å². The molecule has 6 rings (SSSR count). The second-order valence-electron chi connectivity index (χ2n) is 7.79. The van der Waals surface area contributed by atoms with Crippen molar-refractivity contribution in [2.24, 2.45) is 4.99 Å². The molecule has 1 atom stereocenters. The predicted octanol–water partition coefficient (Wildman–Crippen LogP) is 4.12. The molecular formula is C25H21N3O. The molecule has 0 aliphatic carbocycles. The second kappa shape index (κ2) is 5.80. The molecule has 0 saturated heterocycles. The number of likely N-dealkylation sites (N-methyl/N-ethyl adjacent to an activating group) is 1. The smallest absolute Gasteiger partial charge is 0.264 e. The van der Waals surface area contributed by atoms with E-state index in [1.54, 1.807) is 0 Å². The highest BCUT2D eigenvalue weighted by Crippen LogP contribution is 2.53. The number of rotatable bonds is 2. The third-order valence-corrected chi connectivity index (χ3v) is 6.40. The van der Waals surface area contributed by atoms with Crippen molar-refractivity contribution in [2.45, 2.75) is 18.9 Å². The van der Waals surface area contributed by atoms with Crippen LogP contribution in [0.1, 0.15) is 29.2 Å². The van der Waals surface area contributed by atoms with E-state index in [9.17, 15) is 4.79 Å². The van der Waals surface area contributed by atoms with Crippen molar-refractivity contribution in [1.82, 2.24) is 0 Å². The number of carbonyl (C=O) groups excluding carboxylic acids is 1. The number of carbonyl (C=O) groups is 1. The Kier molecular flexibility index (Phi) is 3.31. The Bertz CT molecular complexity index is 1180. The van der Waals surface area contributed by atoms with E-state index in [0.29, 0.717) is 6.54 Å². The van der Waals surface area contributed by atoms with E-state index in [4.69, 9.17) is 4.99 Å². The second-order valence-corrected chi connectivity index (χ2v) is 7.79. The molecule has 3 aliphatic rings. The van der Waals surface area contributed by atoms with Crippen LogP contribution in [0, 0.1) is 0 Å². The summed E-state index contributed by atoms with van der Waals surface area (Å²) in [5.41, 5.74) is 5.48. The minimum Gasteiger partial charge on any atom is -0.325 e. The highest BCUT2D eigenvalue weighted by Gasteiger charge is 2.56. The summed E-state index contributed by atoms with van der Waals surface area (Å²) in [5.74, 6) is 0.943. The predicted molar refractivity (Wildman–Crippen MR) is 116 cm³/mol. The summed E-state index contributed by atoms with van der Waals surface area (Å²) in [7, 11) is 0. The SMILES string of the molecule is CCN1C(=O)C2(N=C(c3ccccc3)N3CCc4cccc2c43)c2ccccc21. The van der Waals surface area contributed by atoms with E-state index in [1.807, 2.05) is 48.2 Å². The van der Waals surface area contributed by atoms with Crippen LogP contribution < -0.4 is 9.80 Å². The number of aliphatic imine (C=N–C) groups is 1. The zero-order chi connectivity index (χ0) is 19.6. The quantitative estimate of drug-likeness (QED) is 0.672. The van der Waals surface area contributed by atoms with Crippen molar-refractivity contribution < 1.29 is 4.79 Å². The number of amides is 1. The standard InChI is InChI=1S/C25H21N3O/c1-2-27-21-14-7-6-12-19(21)25(24(27)29)20-13-8-11-17-15-16-28(22(17)20)23(26-25)18-9-4-3-5-10-18/h3-14H,2,15-16H2,1H3. The van der Waals surface area contributed by atoms with E-state index in [0.717, 1.165) is 41.2 Å². The zero-order valence-corrected chi connectivity index (χ0v) is 16.3. The Morgan fingerprint density at radius 1 is 0.931 bits per heavy atom. The molecule has 4 nitrogen and oxygen atoms in total. The van der Waals surface area contributed by atoms with E-state index >= 15 is 0 Å². The van der Waals surface area contributed by atoms with Gasteiger partial charge in [0.1, 0.15) is 5.84 Å². The molecule has 29 heavy (non-hydrogen) atoms. The van der Waals surface area contributed by atoms with Crippen LogP contribution in [0.5, 0.6) is 0 Å². The van der Waals surface area contributed by atoms with Crippen LogP contribution in [0.3, 0.4) is 0 Å². The van der Waals surface area contributed by atoms with Gasteiger partial charge >= 0.3 is 0 Å². The van der Waals surface area contributed by atoms with Gasteiger partial charge < -0.3 is 9.80 Å². The average Bonchev–Trinajstić information content (AvgIpc) is 3.30. The molecule has 0 radical (unpaired) electrons. The van der Waals surface area contributed by atoms with Crippen molar-refractivity contribution in [3.8, 4) is 0 Å². The monoisotopic (exact) mass is 379 g/mol. The van der Waals surface area contributed by atoms with Gasteiger partial charge in [-0.25, -0.2) is 4.99 Å². The lowest BCUT2D eigenvalue weighted by molar-refractivity contribution is -0.121. The first-order valence-electron chi connectivity index (χ1n) is 10.2. The Labute approximate surface area is 170 Å². The Morgan fingerprint density at radius 3 is 2.52 bits per heavy atom. The van der Waals surface area contributed by atoms with Gasteiger partial charge in [0.25, 0.3) is 5.91 Å². The number of hydrogen-bond donors (Lipinski definition) is 0. The van der Waals surface area contributed by atoms with Gasteiger partial charge in [-0.2, -0.15) is 0 Å². The fourth-order valence-electron chi connectivity index (χ4n) is 5.16. The van der Waals surface area contributed by atoms with Crippen LogP contribution in [-0.2, 0) is 16.8 Å². The van der Waals surface area contributed by atoms with E-state index in [-0.39, 0.29) is 5.91 Å². The summed E-state index contributed by atoms with van der Waals surface area (Å²) < 4.78 is 0. The first kappa shape index (κ1) is 16.5. The zero-order valence-electron chi connectivity index (χ0n) is 16.3. The molecule has 0 bridgehead atoms. The van der Waals surface area contributed by atoms with Gasteiger partial charge in [0, 0.05) is 29.8 Å². The molecule has 0 aromatic heterocycles. The number of nitrogens with zero attached hydrogens (tertiary/aromatic N) is 3. The molecule has 3 aliphatic heterocycles. The van der Waals surface area contributed by atoms with E-state index in [1.165, 1.54) is 11.3 Å². The molecule has 0 fully saturated rings. The summed E-state index contributed by atoms with van der Waals surface area (Å²) in [5, 5.41) is 0. The summed E-state index contributed by atoms with van der Waals surface area (Å²) in [6, 6.07) is 24.7. The summed E-state index contributed by atoms with van der Waals surface area (Å²) in [4.78, 5) is 23.4. The molecule has 4 heteroatoms. The van der Waals surface area contributed by atoms with Crippen LogP contribution in [0.2, 0.25) is 0 Å². The van der Waals surface area contributed by atoms with Crippen LogP contribution in [-0.4, -0.2) is 24.8 Å².